The number of aryl methyl sites for hydroxylation is 1. The number of nitrogens with zero attached hydrogens (tertiary/aromatic N) is 2. The van der Waals surface area contributed by atoms with Gasteiger partial charge >= 0.3 is 0 Å². The largest absolute Gasteiger partial charge is 0.388 e. The van der Waals surface area contributed by atoms with Gasteiger partial charge in [-0.1, -0.05) is 0 Å². The molecule has 1 N–H and O–H groups in total. The summed E-state index contributed by atoms with van der Waals surface area (Å²) in [7, 11) is 1.72. The van der Waals surface area contributed by atoms with Gasteiger partial charge in [0.1, 0.15) is 4.88 Å². The lowest BCUT2D eigenvalue weighted by atomic mass is 9.94. The standard InChI is InChI=1S/C12H18N2O3S/c1-9-10(18-8-13-9)11(15)14(2)7-12(16)3-5-17-6-4-12/h8,16H,3-7H2,1-2H3. The summed E-state index contributed by atoms with van der Waals surface area (Å²) in [4.78, 5) is 18.5. The Kier molecular flexibility index (Phi) is 3.99. The second kappa shape index (κ2) is 5.34. The summed E-state index contributed by atoms with van der Waals surface area (Å²) in [6.45, 7) is 3.27. The molecule has 2 heterocycles. The molecule has 100 valence electrons. The van der Waals surface area contributed by atoms with E-state index in [4.69, 9.17) is 4.74 Å². The van der Waals surface area contributed by atoms with Crippen molar-refractivity contribution < 1.29 is 14.6 Å². The maximum atomic E-state index is 12.2. The number of carbonyl (C=O) groups is 1. The van der Waals surface area contributed by atoms with Gasteiger partial charge in [-0.3, -0.25) is 4.79 Å². The van der Waals surface area contributed by atoms with Crippen molar-refractivity contribution in [2.75, 3.05) is 26.8 Å². The first-order valence-electron chi connectivity index (χ1n) is 5.97. The third-order valence-corrected chi connectivity index (χ3v) is 4.16. The van der Waals surface area contributed by atoms with Crippen LogP contribution in [-0.2, 0) is 4.74 Å². The lowest BCUT2D eigenvalue weighted by molar-refractivity contribution is -0.0734. The average molecular weight is 270 g/mol. The van der Waals surface area contributed by atoms with Crippen molar-refractivity contribution in [3.8, 4) is 0 Å². The fraction of sp³-hybridized carbons (Fsp3) is 0.667. The summed E-state index contributed by atoms with van der Waals surface area (Å²) in [6.07, 6.45) is 1.15. The van der Waals surface area contributed by atoms with Gasteiger partial charge in [0.25, 0.3) is 5.91 Å². The number of rotatable bonds is 3. The van der Waals surface area contributed by atoms with Crippen LogP contribution in [-0.4, -0.2) is 53.3 Å². The highest BCUT2D eigenvalue weighted by Crippen LogP contribution is 2.23. The molecule has 1 amide bonds. The molecule has 6 heteroatoms. The summed E-state index contributed by atoms with van der Waals surface area (Å²) in [5.74, 6) is -0.0742. The fourth-order valence-corrected chi connectivity index (χ4v) is 2.90. The van der Waals surface area contributed by atoms with E-state index in [1.165, 1.54) is 11.3 Å². The van der Waals surface area contributed by atoms with Crippen LogP contribution >= 0.6 is 11.3 Å². The third kappa shape index (κ3) is 2.88. The lowest BCUT2D eigenvalue weighted by Gasteiger charge is -2.35. The van der Waals surface area contributed by atoms with Crippen molar-refractivity contribution in [3.63, 3.8) is 0 Å². The SMILES string of the molecule is Cc1ncsc1C(=O)N(C)CC1(O)CCOCC1. The number of aliphatic hydroxyl groups is 1. The first-order chi connectivity index (χ1) is 8.52. The van der Waals surface area contributed by atoms with Gasteiger partial charge in [0.15, 0.2) is 0 Å². The topological polar surface area (TPSA) is 62.7 Å². The monoisotopic (exact) mass is 270 g/mol. The average Bonchev–Trinajstić information content (AvgIpc) is 2.74. The Morgan fingerprint density at radius 2 is 2.28 bits per heavy atom. The molecular formula is C12H18N2O3S. The van der Waals surface area contributed by atoms with E-state index in [0.717, 1.165) is 5.69 Å². The Hall–Kier alpha value is -0.980. The predicted molar refractivity (Wildman–Crippen MR) is 68.8 cm³/mol. The van der Waals surface area contributed by atoms with Crippen LogP contribution in [0, 0.1) is 6.92 Å². The molecule has 1 aromatic rings. The molecule has 0 atom stereocenters. The first-order valence-corrected chi connectivity index (χ1v) is 6.85. The molecule has 0 saturated carbocycles. The summed E-state index contributed by atoms with van der Waals surface area (Å²) < 4.78 is 5.23. The molecule has 1 fully saturated rings. The molecule has 5 nitrogen and oxygen atoms in total. The van der Waals surface area contributed by atoms with Crippen molar-refractivity contribution in [3.05, 3.63) is 16.1 Å². The Morgan fingerprint density at radius 1 is 1.61 bits per heavy atom. The van der Waals surface area contributed by atoms with Crippen LogP contribution in [0.2, 0.25) is 0 Å². The van der Waals surface area contributed by atoms with Crippen LogP contribution in [0.15, 0.2) is 5.51 Å². The van der Waals surface area contributed by atoms with Crippen molar-refractivity contribution in [1.29, 1.82) is 0 Å². The minimum absolute atomic E-state index is 0.0742. The molecule has 0 unspecified atom stereocenters. The van der Waals surface area contributed by atoms with Gasteiger partial charge in [-0.05, 0) is 6.92 Å². The van der Waals surface area contributed by atoms with Gasteiger partial charge in [-0.2, -0.15) is 0 Å². The number of hydrogen-bond acceptors (Lipinski definition) is 5. The number of likely N-dealkylation sites (N-methyl/N-ethyl adjacent to an activating group) is 1. The van der Waals surface area contributed by atoms with Crippen LogP contribution in [0.3, 0.4) is 0 Å². The zero-order valence-corrected chi connectivity index (χ0v) is 11.5. The molecular weight excluding hydrogens is 252 g/mol. The maximum Gasteiger partial charge on any atom is 0.265 e. The van der Waals surface area contributed by atoms with Gasteiger partial charge in [0.05, 0.1) is 16.8 Å². The summed E-state index contributed by atoms with van der Waals surface area (Å²) in [6, 6.07) is 0. The number of thiazole rings is 1. The van der Waals surface area contributed by atoms with Gasteiger partial charge in [-0.15, -0.1) is 11.3 Å². The second-order valence-corrected chi connectivity index (χ2v) is 5.62. The smallest absolute Gasteiger partial charge is 0.265 e. The zero-order valence-electron chi connectivity index (χ0n) is 10.7. The van der Waals surface area contributed by atoms with Gasteiger partial charge in [0.2, 0.25) is 0 Å². The predicted octanol–water partition coefficient (Wildman–Crippen LogP) is 1.07. The summed E-state index contributed by atoms with van der Waals surface area (Å²) in [5, 5.41) is 10.4. The minimum Gasteiger partial charge on any atom is -0.388 e. The lowest BCUT2D eigenvalue weighted by Crippen LogP contribution is -2.47. The highest BCUT2D eigenvalue weighted by molar-refractivity contribution is 7.11. The Morgan fingerprint density at radius 3 is 2.83 bits per heavy atom. The summed E-state index contributed by atoms with van der Waals surface area (Å²) >= 11 is 1.34. The van der Waals surface area contributed by atoms with E-state index in [-0.39, 0.29) is 5.91 Å². The second-order valence-electron chi connectivity index (χ2n) is 4.76. The molecule has 1 aromatic heterocycles. The molecule has 2 rings (SSSR count). The van der Waals surface area contributed by atoms with Gasteiger partial charge < -0.3 is 14.7 Å². The van der Waals surface area contributed by atoms with Gasteiger partial charge in [-0.25, -0.2) is 4.98 Å². The van der Waals surface area contributed by atoms with Crippen molar-refractivity contribution in [2.24, 2.45) is 0 Å². The fourth-order valence-electron chi connectivity index (χ4n) is 2.10. The number of amides is 1. The van der Waals surface area contributed by atoms with E-state index >= 15 is 0 Å². The van der Waals surface area contributed by atoms with E-state index in [9.17, 15) is 9.90 Å². The quantitative estimate of drug-likeness (QED) is 0.892. The maximum absolute atomic E-state index is 12.2. The van der Waals surface area contributed by atoms with E-state index in [0.29, 0.717) is 37.5 Å². The first kappa shape index (κ1) is 13.5. The van der Waals surface area contributed by atoms with Crippen molar-refractivity contribution in [2.45, 2.75) is 25.4 Å². The Labute approximate surface area is 110 Å². The highest BCUT2D eigenvalue weighted by atomic mass is 32.1. The number of carbonyl (C=O) groups excluding carboxylic acids is 1. The van der Waals surface area contributed by atoms with Crippen LogP contribution in [0.4, 0.5) is 0 Å². The normalized spacial score (nSPS) is 18.6. The van der Waals surface area contributed by atoms with Crippen LogP contribution in [0.1, 0.15) is 28.2 Å². The molecule has 18 heavy (non-hydrogen) atoms. The highest BCUT2D eigenvalue weighted by Gasteiger charge is 2.33. The zero-order chi connectivity index (χ0) is 13.2. The molecule has 0 aliphatic carbocycles. The van der Waals surface area contributed by atoms with Crippen LogP contribution < -0.4 is 0 Å². The molecule has 1 saturated heterocycles. The third-order valence-electron chi connectivity index (χ3n) is 3.24. The number of aromatic nitrogens is 1. The molecule has 0 spiro atoms. The van der Waals surface area contributed by atoms with E-state index in [1.807, 2.05) is 6.92 Å². The summed E-state index contributed by atoms with van der Waals surface area (Å²) in [5.41, 5.74) is 1.59. The van der Waals surface area contributed by atoms with Gasteiger partial charge in [0, 0.05) is 39.6 Å². The number of hydrogen-bond donors (Lipinski definition) is 1. The van der Waals surface area contributed by atoms with E-state index < -0.39 is 5.60 Å². The van der Waals surface area contributed by atoms with Crippen molar-refractivity contribution in [1.82, 2.24) is 9.88 Å². The molecule has 1 aliphatic heterocycles. The molecule has 0 bridgehead atoms. The minimum atomic E-state index is -0.818. The molecule has 1 aliphatic rings. The molecule has 0 radical (unpaired) electrons. The Bertz CT molecular complexity index is 427. The number of ether oxygens (including phenoxy) is 1. The van der Waals surface area contributed by atoms with E-state index in [1.54, 1.807) is 17.5 Å². The Balaban J connectivity index is 2.01. The van der Waals surface area contributed by atoms with Crippen LogP contribution in [0.5, 0.6) is 0 Å². The van der Waals surface area contributed by atoms with Crippen molar-refractivity contribution >= 4 is 17.2 Å². The van der Waals surface area contributed by atoms with E-state index in [2.05, 4.69) is 4.98 Å². The van der Waals surface area contributed by atoms with Crippen LogP contribution in [0.25, 0.3) is 0 Å². The molecule has 0 aromatic carbocycles.